The molecule has 0 heterocycles. The highest BCUT2D eigenvalue weighted by molar-refractivity contribution is 7.88. The number of anilines is 1. The fraction of sp³-hybridized carbons (Fsp3) is 0.462. The Balaban J connectivity index is 2.62. The number of sulfonamides is 1. The van der Waals surface area contributed by atoms with E-state index in [-0.39, 0.29) is 11.3 Å². The zero-order chi connectivity index (χ0) is 16.8. The molecule has 8 nitrogen and oxygen atoms in total. The molecule has 0 fully saturated rings. The average Bonchev–Trinajstić information content (AvgIpc) is 2.45. The smallest absolute Gasteiger partial charge is 0.270 e. The zero-order valence-electron chi connectivity index (χ0n) is 12.4. The summed E-state index contributed by atoms with van der Waals surface area (Å²) in [6.45, 7) is 2.99. The number of hydrogen-bond acceptors (Lipinski definition) is 6. The highest BCUT2D eigenvalue weighted by Gasteiger charge is 2.14. The molecule has 0 saturated carbocycles. The molecule has 1 rings (SSSR count). The Hall–Kier alpha value is -2.18. The lowest BCUT2D eigenvalue weighted by molar-refractivity contribution is -0.384. The second kappa shape index (κ2) is 7.72. The van der Waals surface area contributed by atoms with Gasteiger partial charge in [0.05, 0.1) is 22.4 Å². The second-order valence-corrected chi connectivity index (χ2v) is 6.62. The summed E-state index contributed by atoms with van der Waals surface area (Å²) in [5.41, 5.74) is 0.538. The van der Waals surface area contributed by atoms with E-state index in [1.807, 2.05) is 6.07 Å². The molecule has 0 amide bonds. The van der Waals surface area contributed by atoms with Crippen LogP contribution in [0.25, 0.3) is 0 Å². The molecule has 0 saturated heterocycles. The van der Waals surface area contributed by atoms with Crippen LogP contribution in [0, 0.1) is 21.4 Å². The first kappa shape index (κ1) is 17.9. The van der Waals surface area contributed by atoms with Crippen molar-refractivity contribution < 1.29 is 13.3 Å². The lowest BCUT2D eigenvalue weighted by Crippen LogP contribution is -2.31. The predicted molar refractivity (Wildman–Crippen MR) is 83.0 cm³/mol. The maximum Gasteiger partial charge on any atom is 0.270 e. The van der Waals surface area contributed by atoms with E-state index in [2.05, 4.69) is 5.32 Å². The molecule has 0 radical (unpaired) electrons. The van der Waals surface area contributed by atoms with Gasteiger partial charge in [-0.1, -0.05) is 6.92 Å². The van der Waals surface area contributed by atoms with Gasteiger partial charge < -0.3 is 5.32 Å². The molecule has 0 spiro atoms. The maximum atomic E-state index is 11.4. The highest BCUT2D eigenvalue weighted by Crippen LogP contribution is 2.21. The van der Waals surface area contributed by atoms with E-state index >= 15 is 0 Å². The third kappa shape index (κ3) is 4.98. The van der Waals surface area contributed by atoms with Crippen molar-refractivity contribution in [3.63, 3.8) is 0 Å². The normalized spacial score (nSPS) is 11.2. The van der Waals surface area contributed by atoms with Crippen LogP contribution in [0.3, 0.4) is 0 Å². The van der Waals surface area contributed by atoms with Crippen molar-refractivity contribution in [3.8, 4) is 6.07 Å². The van der Waals surface area contributed by atoms with Crippen LogP contribution in [0.15, 0.2) is 18.2 Å². The summed E-state index contributed by atoms with van der Waals surface area (Å²) in [5, 5.41) is 22.7. The lowest BCUT2D eigenvalue weighted by atomic mass is 10.1. The van der Waals surface area contributed by atoms with E-state index in [4.69, 9.17) is 5.26 Å². The number of hydrogen-bond donors (Lipinski definition) is 1. The van der Waals surface area contributed by atoms with Gasteiger partial charge in [0.15, 0.2) is 0 Å². The van der Waals surface area contributed by atoms with Crippen molar-refractivity contribution in [2.75, 3.05) is 31.2 Å². The van der Waals surface area contributed by atoms with Crippen molar-refractivity contribution in [2.45, 2.75) is 13.3 Å². The third-order valence-electron chi connectivity index (χ3n) is 3.06. The molecule has 0 aliphatic heterocycles. The van der Waals surface area contributed by atoms with Crippen LogP contribution in [0.2, 0.25) is 0 Å². The number of nitro benzene ring substituents is 1. The van der Waals surface area contributed by atoms with Crippen molar-refractivity contribution in [3.05, 3.63) is 33.9 Å². The third-order valence-corrected chi connectivity index (χ3v) is 4.43. The van der Waals surface area contributed by atoms with E-state index in [0.29, 0.717) is 31.7 Å². The van der Waals surface area contributed by atoms with E-state index < -0.39 is 14.9 Å². The summed E-state index contributed by atoms with van der Waals surface area (Å²) in [6.07, 6.45) is 1.72. The van der Waals surface area contributed by atoms with Crippen LogP contribution < -0.4 is 5.32 Å². The van der Waals surface area contributed by atoms with Gasteiger partial charge in [0, 0.05) is 31.8 Å². The molecule has 1 N–H and O–H groups in total. The summed E-state index contributed by atoms with van der Waals surface area (Å²) in [4.78, 5) is 10.1. The highest BCUT2D eigenvalue weighted by atomic mass is 32.2. The van der Waals surface area contributed by atoms with Crippen LogP contribution in [0.4, 0.5) is 11.4 Å². The Morgan fingerprint density at radius 3 is 2.64 bits per heavy atom. The van der Waals surface area contributed by atoms with Gasteiger partial charge >= 0.3 is 0 Å². The van der Waals surface area contributed by atoms with E-state index in [1.54, 1.807) is 6.92 Å². The maximum absolute atomic E-state index is 11.4. The molecule has 0 atom stereocenters. The molecule has 0 unspecified atom stereocenters. The number of nitro groups is 1. The fourth-order valence-electron chi connectivity index (χ4n) is 1.93. The Bertz CT molecular complexity index is 682. The molecule has 0 bridgehead atoms. The van der Waals surface area contributed by atoms with Gasteiger partial charge in [0.2, 0.25) is 10.0 Å². The monoisotopic (exact) mass is 326 g/mol. The minimum absolute atomic E-state index is 0.142. The van der Waals surface area contributed by atoms with Gasteiger partial charge in [-0.25, -0.2) is 12.7 Å². The fourth-order valence-corrected chi connectivity index (χ4v) is 2.86. The molecule has 0 aliphatic carbocycles. The Morgan fingerprint density at radius 1 is 1.45 bits per heavy atom. The van der Waals surface area contributed by atoms with Crippen molar-refractivity contribution in [2.24, 2.45) is 0 Å². The lowest BCUT2D eigenvalue weighted by Gasteiger charge is -2.17. The van der Waals surface area contributed by atoms with E-state index in [9.17, 15) is 18.5 Å². The average molecular weight is 326 g/mol. The first-order chi connectivity index (χ1) is 10.3. The Labute approximate surface area is 129 Å². The summed E-state index contributed by atoms with van der Waals surface area (Å²) >= 11 is 0. The second-order valence-electron chi connectivity index (χ2n) is 4.63. The topological polar surface area (TPSA) is 116 Å². The molecular formula is C13H18N4O4S. The van der Waals surface area contributed by atoms with Gasteiger partial charge in [0.1, 0.15) is 6.07 Å². The largest absolute Gasteiger partial charge is 0.384 e. The summed E-state index contributed by atoms with van der Waals surface area (Å²) in [5.74, 6) is 0. The van der Waals surface area contributed by atoms with E-state index in [0.717, 1.165) is 6.26 Å². The minimum Gasteiger partial charge on any atom is -0.384 e. The quantitative estimate of drug-likeness (QED) is 0.440. The predicted octanol–water partition coefficient (Wildman–Crippen LogP) is 1.55. The van der Waals surface area contributed by atoms with Gasteiger partial charge in [-0.05, 0) is 12.5 Å². The van der Waals surface area contributed by atoms with Gasteiger partial charge in [-0.3, -0.25) is 10.1 Å². The number of rotatable bonds is 8. The summed E-state index contributed by atoms with van der Waals surface area (Å²) in [6, 6.07) is 5.90. The first-order valence-corrected chi connectivity index (χ1v) is 8.52. The van der Waals surface area contributed by atoms with Crippen molar-refractivity contribution in [1.82, 2.24) is 4.31 Å². The molecule has 0 aromatic heterocycles. The van der Waals surface area contributed by atoms with Gasteiger partial charge in [0.25, 0.3) is 5.69 Å². The number of benzene rings is 1. The summed E-state index contributed by atoms with van der Waals surface area (Å²) in [7, 11) is -3.21. The van der Waals surface area contributed by atoms with Gasteiger partial charge in [-0.15, -0.1) is 0 Å². The summed E-state index contributed by atoms with van der Waals surface area (Å²) < 4.78 is 24.2. The van der Waals surface area contributed by atoms with E-state index in [1.165, 1.54) is 22.5 Å². The number of nitrogens with zero attached hydrogens (tertiary/aromatic N) is 3. The number of nitriles is 1. The SMILES string of the molecule is CCN(CCCNc1ccc([N+](=O)[O-])cc1C#N)S(C)(=O)=O. The Kier molecular flexibility index (Phi) is 6.27. The van der Waals surface area contributed by atoms with Crippen LogP contribution in [0.5, 0.6) is 0 Å². The number of nitrogens with one attached hydrogen (secondary N) is 1. The zero-order valence-corrected chi connectivity index (χ0v) is 13.3. The molecule has 1 aromatic carbocycles. The van der Waals surface area contributed by atoms with Crippen LogP contribution >= 0.6 is 0 Å². The minimum atomic E-state index is -3.21. The Morgan fingerprint density at radius 2 is 2.14 bits per heavy atom. The number of non-ortho nitro benzene ring substituents is 1. The molecule has 22 heavy (non-hydrogen) atoms. The molecule has 9 heteroatoms. The standard InChI is InChI=1S/C13H18N4O4S/c1-3-16(22(2,20)21)8-4-7-15-13-6-5-12(17(18)19)9-11(13)10-14/h5-6,9,15H,3-4,7-8H2,1-2H3. The molecule has 0 aliphatic rings. The van der Waals surface area contributed by atoms with Crippen molar-refractivity contribution in [1.29, 1.82) is 5.26 Å². The van der Waals surface area contributed by atoms with Crippen LogP contribution in [-0.4, -0.2) is 43.5 Å². The van der Waals surface area contributed by atoms with Crippen LogP contribution in [0.1, 0.15) is 18.9 Å². The molecule has 1 aromatic rings. The first-order valence-electron chi connectivity index (χ1n) is 6.67. The van der Waals surface area contributed by atoms with Crippen molar-refractivity contribution >= 4 is 21.4 Å². The molecular weight excluding hydrogens is 308 g/mol. The van der Waals surface area contributed by atoms with Crippen LogP contribution in [-0.2, 0) is 10.0 Å². The molecule has 120 valence electrons. The van der Waals surface area contributed by atoms with Gasteiger partial charge in [-0.2, -0.15) is 5.26 Å².